The van der Waals surface area contributed by atoms with E-state index in [1.807, 2.05) is 55.9 Å². The van der Waals surface area contributed by atoms with Crippen molar-refractivity contribution < 1.29 is 9.53 Å². The molecular formula is C15H21N3O2. The first-order valence-corrected chi connectivity index (χ1v) is 6.75. The van der Waals surface area contributed by atoms with Crippen LogP contribution in [0.15, 0.2) is 30.5 Å². The number of carbonyl (C=O) groups is 1. The summed E-state index contributed by atoms with van der Waals surface area (Å²) in [6, 6.07) is 7.91. The minimum atomic E-state index is -0.603. The Morgan fingerprint density at radius 1 is 1.40 bits per heavy atom. The van der Waals surface area contributed by atoms with Crippen LogP contribution in [0.2, 0.25) is 0 Å². The van der Waals surface area contributed by atoms with E-state index in [-0.39, 0.29) is 5.97 Å². The summed E-state index contributed by atoms with van der Waals surface area (Å²) in [4.78, 5) is 11.7. The second-order valence-electron chi connectivity index (χ2n) is 5.93. The molecule has 1 aromatic carbocycles. The van der Waals surface area contributed by atoms with Gasteiger partial charge in [0.05, 0.1) is 10.9 Å². The number of esters is 1. The monoisotopic (exact) mass is 275 g/mol. The van der Waals surface area contributed by atoms with Crippen molar-refractivity contribution >= 4 is 16.9 Å². The molecule has 0 fully saturated rings. The number of hydrogen-bond acceptors (Lipinski definition) is 4. The molecule has 0 amide bonds. The number of benzene rings is 1. The zero-order valence-electron chi connectivity index (χ0n) is 12.2. The molecule has 1 heterocycles. The molecule has 108 valence electrons. The van der Waals surface area contributed by atoms with Gasteiger partial charge in [0.25, 0.3) is 0 Å². The Kier molecular flexibility index (Phi) is 4.09. The van der Waals surface area contributed by atoms with E-state index in [2.05, 4.69) is 5.10 Å². The first-order chi connectivity index (χ1) is 9.36. The van der Waals surface area contributed by atoms with Gasteiger partial charge in [0, 0.05) is 24.5 Å². The summed E-state index contributed by atoms with van der Waals surface area (Å²) < 4.78 is 7.04. The SMILES string of the molecule is CC(C)(C)C(=O)OC(N)CCn1cc2ccccc2n1. The zero-order chi connectivity index (χ0) is 14.8. The van der Waals surface area contributed by atoms with E-state index in [1.165, 1.54) is 0 Å². The highest BCUT2D eigenvalue weighted by Gasteiger charge is 2.25. The molecule has 0 aliphatic heterocycles. The van der Waals surface area contributed by atoms with Crippen molar-refractivity contribution in [2.75, 3.05) is 0 Å². The average Bonchev–Trinajstić information content (AvgIpc) is 2.78. The molecule has 5 nitrogen and oxygen atoms in total. The van der Waals surface area contributed by atoms with Gasteiger partial charge in [-0.3, -0.25) is 15.2 Å². The summed E-state index contributed by atoms with van der Waals surface area (Å²) in [6.45, 7) is 6.04. The third kappa shape index (κ3) is 3.57. The molecule has 0 aliphatic rings. The first kappa shape index (κ1) is 14.5. The molecule has 2 rings (SSSR count). The van der Waals surface area contributed by atoms with Gasteiger partial charge in [-0.2, -0.15) is 5.10 Å². The third-order valence-corrected chi connectivity index (χ3v) is 2.97. The first-order valence-electron chi connectivity index (χ1n) is 6.75. The van der Waals surface area contributed by atoms with Crippen LogP contribution in [0.25, 0.3) is 10.9 Å². The van der Waals surface area contributed by atoms with Crippen LogP contribution in [0.5, 0.6) is 0 Å². The molecular weight excluding hydrogens is 254 g/mol. The van der Waals surface area contributed by atoms with Crippen molar-refractivity contribution in [3.8, 4) is 0 Å². The highest BCUT2D eigenvalue weighted by molar-refractivity contribution is 5.77. The van der Waals surface area contributed by atoms with E-state index in [1.54, 1.807) is 0 Å². The number of ether oxygens (including phenoxy) is 1. The molecule has 1 unspecified atom stereocenters. The maximum atomic E-state index is 11.7. The second kappa shape index (κ2) is 5.63. The number of nitrogens with zero attached hydrogens (tertiary/aromatic N) is 2. The molecule has 0 saturated carbocycles. The van der Waals surface area contributed by atoms with Crippen LogP contribution in [0.4, 0.5) is 0 Å². The van der Waals surface area contributed by atoms with Crippen LogP contribution in [-0.4, -0.2) is 22.0 Å². The minimum absolute atomic E-state index is 0.282. The smallest absolute Gasteiger partial charge is 0.312 e. The maximum Gasteiger partial charge on any atom is 0.312 e. The van der Waals surface area contributed by atoms with Crippen molar-refractivity contribution in [3.63, 3.8) is 0 Å². The Bertz CT molecular complexity index is 565. The van der Waals surface area contributed by atoms with E-state index in [4.69, 9.17) is 10.5 Å². The van der Waals surface area contributed by atoms with E-state index in [0.29, 0.717) is 13.0 Å². The summed E-state index contributed by atoms with van der Waals surface area (Å²) in [7, 11) is 0. The molecule has 1 aromatic heterocycles. The van der Waals surface area contributed by atoms with Gasteiger partial charge in [0.1, 0.15) is 0 Å². The van der Waals surface area contributed by atoms with E-state index in [0.717, 1.165) is 10.9 Å². The van der Waals surface area contributed by atoms with Crippen LogP contribution >= 0.6 is 0 Å². The number of fused-ring (bicyclic) bond motifs is 1. The minimum Gasteiger partial charge on any atom is -0.446 e. The predicted octanol–water partition coefficient (Wildman–Crippen LogP) is 2.30. The molecule has 0 saturated heterocycles. The van der Waals surface area contributed by atoms with E-state index < -0.39 is 11.6 Å². The van der Waals surface area contributed by atoms with Gasteiger partial charge in [-0.25, -0.2) is 0 Å². The highest BCUT2D eigenvalue weighted by atomic mass is 16.6. The Labute approximate surface area is 118 Å². The van der Waals surface area contributed by atoms with Crippen LogP contribution < -0.4 is 5.73 Å². The lowest BCUT2D eigenvalue weighted by Gasteiger charge is -2.20. The summed E-state index contributed by atoms with van der Waals surface area (Å²) in [5.74, 6) is -0.282. The summed E-state index contributed by atoms with van der Waals surface area (Å²) >= 11 is 0. The third-order valence-electron chi connectivity index (χ3n) is 2.97. The van der Waals surface area contributed by atoms with Gasteiger partial charge in [-0.05, 0) is 26.8 Å². The molecule has 1 atom stereocenters. The fourth-order valence-corrected chi connectivity index (χ4v) is 1.76. The standard InChI is InChI=1S/C15H21N3O2/c1-15(2,3)14(19)20-13(16)8-9-18-10-11-6-4-5-7-12(11)17-18/h4-7,10,13H,8-9,16H2,1-3H3. The van der Waals surface area contributed by atoms with Crippen LogP contribution in [0.3, 0.4) is 0 Å². The van der Waals surface area contributed by atoms with Gasteiger partial charge in [-0.1, -0.05) is 18.2 Å². The molecule has 2 aromatic rings. The van der Waals surface area contributed by atoms with Crippen molar-refractivity contribution in [3.05, 3.63) is 30.5 Å². The van der Waals surface area contributed by atoms with Crippen molar-refractivity contribution in [1.82, 2.24) is 9.78 Å². The van der Waals surface area contributed by atoms with Gasteiger partial charge in [0.2, 0.25) is 0 Å². The molecule has 0 aliphatic carbocycles. The molecule has 20 heavy (non-hydrogen) atoms. The lowest BCUT2D eigenvalue weighted by atomic mass is 9.97. The highest BCUT2D eigenvalue weighted by Crippen LogP contribution is 2.16. The largest absolute Gasteiger partial charge is 0.446 e. The quantitative estimate of drug-likeness (QED) is 0.686. The van der Waals surface area contributed by atoms with Gasteiger partial charge in [-0.15, -0.1) is 0 Å². The summed E-state index contributed by atoms with van der Waals surface area (Å²) in [6.07, 6.45) is 1.90. The number of aryl methyl sites for hydroxylation is 1. The van der Waals surface area contributed by atoms with Gasteiger partial charge < -0.3 is 4.74 Å². The molecule has 2 N–H and O–H groups in total. The average molecular weight is 275 g/mol. The van der Waals surface area contributed by atoms with Crippen LogP contribution in [0.1, 0.15) is 27.2 Å². The predicted molar refractivity (Wildman–Crippen MR) is 77.9 cm³/mol. The fraction of sp³-hybridized carbons (Fsp3) is 0.467. The second-order valence-corrected chi connectivity index (χ2v) is 5.93. The number of hydrogen-bond donors (Lipinski definition) is 1. The number of rotatable bonds is 4. The van der Waals surface area contributed by atoms with Gasteiger partial charge in [0.15, 0.2) is 6.23 Å². The van der Waals surface area contributed by atoms with Crippen LogP contribution in [-0.2, 0) is 16.1 Å². The molecule has 0 bridgehead atoms. The number of aromatic nitrogens is 2. The van der Waals surface area contributed by atoms with Crippen molar-refractivity contribution in [2.45, 2.75) is 40.0 Å². The fourth-order valence-electron chi connectivity index (χ4n) is 1.76. The van der Waals surface area contributed by atoms with E-state index in [9.17, 15) is 4.79 Å². The molecule has 0 spiro atoms. The topological polar surface area (TPSA) is 70.1 Å². The van der Waals surface area contributed by atoms with Crippen molar-refractivity contribution in [2.24, 2.45) is 11.1 Å². The van der Waals surface area contributed by atoms with Gasteiger partial charge >= 0.3 is 5.97 Å². The Hall–Kier alpha value is -1.88. The summed E-state index contributed by atoms with van der Waals surface area (Å²) in [5.41, 5.74) is 6.25. The number of nitrogens with two attached hydrogens (primary N) is 1. The maximum absolute atomic E-state index is 11.7. The molecule has 5 heteroatoms. The summed E-state index contributed by atoms with van der Waals surface area (Å²) in [5, 5.41) is 5.52. The normalized spacial score (nSPS) is 13.4. The van der Waals surface area contributed by atoms with Crippen LogP contribution in [0, 0.1) is 5.41 Å². The van der Waals surface area contributed by atoms with E-state index >= 15 is 0 Å². The Morgan fingerprint density at radius 3 is 2.75 bits per heavy atom. The number of carbonyl (C=O) groups excluding carboxylic acids is 1. The van der Waals surface area contributed by atoms with Crippen molar-refractivity contribution in [1.29, 1.82) is 0 Å². The zero-order valence-corrected chi connectivity index (χ0v) is 12.2. The Morgan fingerprint density at radius 2 is 2.10 bits per heavy atom. The molecule has 0 radical (unpaired) electrons. The lowest BCUT2D eigenvalue weighted by Crippen LogP contribution is -2.34. The lowest BCUT2D eigenvalue weighted by molar-refractivity contribution is -0.158. The Balaban J connectivity index is 1.90.